The number of ether oxygens (including phenoxy) is 1. The second-order valence-electron chi connectivity index (χ2n) is 3.89. The zero-order chi connectivity index (χ0) is 10.7. The minimum absolute atomic E-state index is 0.393. The molecule has 1 aromatic heterocycles. The quantitative estimate of drug-likeness (QED) is 0.800. The number of nitrogens with zero attached hydrogens (tertiary/aromatic N) is 1. The Bertz CT molecular complexity index is 315. The van der Waals surface area contributed by atoms with Crippen LogP contribution in [0.25, 0.3) is 0 Å². The van der Waals surface area contributed by atoms with Crippen molar-refractivity contribution in [3.63, 3.8) is 0 Å². The maximum Gasteiger partial charge on any atom is 0.0962 e. The van der Waals surface area contributed by atoms with E-state index in [4.69, 9.17) is 10.5 Å². The van der Waals surface area contributed by atoms with E-state index in [0.717, 1.165) is 10.8 Å². The maximum atomic E-state index is 5.73. The minimum atomic E-state index is 0.393. The summed E-state index contributed by atoms with van der Waals surface area (Å²) in [5, 5.41) is 1.02. The van der Waals surface area contributed by atoms with E-state index in [9.17, 15) is 0 Å². The van der Waals surface area contributed by atoms with Crippen molar-refractivity contribution in [1.29, 1.82) is 0 Å². The average molecular weight is 224 g/mol. The number of hydrogen-bond donors (Lipinski definition) is 1. The molecular formula is C11H16N2OS. The second-order valence-corrected chi connectivity index (χ2v) is 4.93. The van der Waals surface area contributed by atoms with E-state index < -0.39 is 0 Å². The van der Waals surface area contributed by atoms with E-state index in [1.807, 2.05) is 12.1 Å². The number of thioether (sulfide) groups is 1. The molecule has 2 atom stereocenters. The Morgan fingerprint density at radius 1 is 1.53 bits per heavy atom. The summed E-state index contributed by atoms with van der Waals surface area (Å²) in [5.74, 6) is 0.987. The molecule has 2 rings (SSSR count). The highest BCUT2D eigenvalue weighted by atomic mass is 32.2. The zero-order valence-corrected chi connectivity index (χ0v) is 9.67. The van der Waals surface area contributed by atoms with Crippen LogP contribution in [-0.4, -0.2) is 22.9 Å². The molecule has 2 N–H and O–H groups in total. The van der Waals surface area contributed by atoms with Crippen molar-refractivity contribution in [2.45, 2.75) is 37.0 Å². The van der Waals surface area contributed by atoms with Crippen LogP contribution in [0.1, 0.15) is 19.8 Å². The molecule has 1 aromatic rings. The Kier molecular flexibility index (Phi) is 3.49. The highest BCUT2D eigenvalue weighted by Crippen LogP contribution is 2.25. The summed E-state index contributed by atoms with van der Waals surface area (Å²) in [4.78, 5) is 4.24. The number of aromatic nitrogens is 1. The van der Waals surface area contributed by atoms with Crippen LogP contribution in [0.15, 0.2) is 23.4 Å². The van der Waals surface area contributed by atoms with Crippen LogP contribution in [0.5, 0.6) is 0 Å². The molecule has 0 bridgehead atoms. The minimum Gasteiger partial charge on any atom is -0.397 e. The van der Waals surface area contributed by atoms with E-state index in [2.05, 4.69) is 11.9 Å². The first-order valence-corrected chi connectivity index (χ1v) is 6.22. The second kappa shape index (κ2) is 4.86. The topological polar surface area (TPSA) is 48.1 Å². The lowest BCUT2D eigenvalue weighted by Gasteiger charge is -2.09. The van der Waals surface area contributed by atoms with Crippen LogP contribution in [0.2, 0.25) is 0 Å². The zero-order valence-electron chi connectivity index (χ0n) is 8.85. The average Bonchev–Trinajstić information content (AvgIpc) is 2.64. The molecule has 0 amide bonds. The molecule has 15 heavy (non-hydrogen) atoms. The highest BCUT2D eigenvalue weighted by molar-refractivity contribution is 7.99. The van der Waals surface area contributed by atoms with E-state index >= 15 is 0 Å². The van der Waals surface area contributed by atoms with Gasteiger partial charge in [-0.15, -0.1) is 11.8 Å². The fourth-order valence-electron chi connectivity index (χ4n) is 1.66. The normalized spacial score (nSPS) is 25.7. The third kappa shape index (κ3) is 3.11. The van der Waals surface area contributed by atoms with Gasteiger partial charge in [-0.25, -0.2) is 4.98 Å². The van der Waals surface area contributed by atoms with Gasteiger partial charge in [0, 0.05) is 5.75 Å². The SMILES string of the molecule is CC1CCC(CSc2ccc(N)cn2)O1. The van der Waals surface area contributed by atoms with Crippen molar-refractivity contribution >= 4 is 17.4 Å². The molecule has 4 heteroatoms. The van der Waals surface area contributed by atoms with E-state index in [0.29, 0.717) is 17.9 Å². The van der Waals surface area contributed by atoms with Gasteiger partial charge in [0.1, 0.15) is 0 Å². The molecule has 1 fully saturated rings. The molecule has 0 saturated carbocycles. The fraction of sp³-hybridized carbons (Fsp3) is 0.545. The van der Waals surface area contributed by atoms with Gasteiger partial charge in [-0.05, 0) is 31.9 Å². The van der Waals surface area contributed by atoms with Gasteiger partial charge >= 0.3 is 0 Å². The molecule has 2 unspecified atom stereocenters. The van der Waals surface area contributed by atoms with Crippen molar-refractivity contribution in [2.24, 2.45) is 0 Å². The summed E-state index contributed by atoms with van der Waals surface area (Å²) in [6, 6.07) is 3.84. The highest BCUT2D eigenvalue weighted by Gasteiger charge is 2.21. The summed E-state index contributed by atoms with van der Waals surface area (Å²) >= 11 is 1.74. The molecule has 0 radical (unpaired) electrons. The standard InChI is InChI=1S/C11H16N2OS/c1-8-2-4-10(14-8)7-15-11-5-3-9(12)6-13-11/h3,5-6,8,10H,2,4,7,12H2,1H3. The Balaban J connectivity index is 1.80. The predicted octanol–water partition coefficient (Wildman–Crippen LogP) is 2.32. The molecule has 1 aliphatic heterocycles. The lowest BCUT2D eigenvalue weighted by Crippen LogP contribution is -2.10. The van der Waals surface area contributed by atoms with Crippen molar-refractivity contribution in [3.8, 4) is 0 Å². The molecule has 3 nitrogen and oxygen atoms in total. The molecule has 82 valence electrons. The number of nitrogens with two attached hydrogens (primary N) is 1. The monoisotopic (exact) mass is 224 g/mol. The molecular weight excluding hydrogens is 208 g/mol. The fourth-order valence-corrected chi connectivity index (χ4v) is 2.56. The summed E-state index contributed by atoms with van der Waals surface area (Å²) in [6.07, 6.45) is 4.86. The van der Waals surface area contributed by atoms with Crippen LogP contribution in [-0.2, 0) is 4.74 Å². The molecule has 0 aromatic carbocycles. The maximum absolute atomic E-state index is 5.73. The number of pyridine rings is 1. The first-order valence-electron chi connectivity index (χ1n) is 5.24. The van der Waals surface area contributed by atoms with Crippen molar-refractivity contribution in [2.75, 3.05) is 11.5 Å². The van der Waals surface area contributed by atoms with Crippen LogP contribution in [0, 0.1) is 0 Å². The predicted molar refractivity (Wildman–Crippen MR) is 62.9 cm³/mol. The van der Waals surface area contributed by atoms with E-state index in [-0.39, 0.29) is 0 Å². The summed E-state index contributed by atoms with van der Waals surface area (Å²) in [5.41, 5.74) is 6.28. The summed E-state index contributed by atoms with van der Waals surface area (Å²) in [6.45, 7) is 2.13. The molecule has 0 aliphatic carbocycles. The number of rotatable bonds is 3. The lowest BCUT2D eigenvalue weighted by atomic mass is 10.2. The first kappa shape index (κ1) is 10.8. The van der Waals surface area contributed by atoms with Gasteiger partial charge in [0.15, 0.2) is 0 Å². The molecule has 1 saturated heterocycles. The summed E-state index contributed by atoms with van der Waals surface area (Å²) < 4.78 is 5.73. The Labute approximate surface area is 94.4 Å². The lowest BCUT2D eigenvalue weighted by molar-refractivity contribution is 0.0700. The van der Waals surface area contributed by atoms with Crippen LogP contribution < -0.4 is 5.73 Å². The Morgan fingerprint density at radius 3 is 3.00 bits per heavy atom. The van der Waals surface area contributed by atoms with Crippen LogP contribution in [0.4, 0.5) is 5.69 Å². The number of hydrogen-bond acceptors (Lipinski definition) is 4. The summed E-state index contributed by atoms with van der Waals surface area (Å²) in [7, 11) is 0. The number of anilines is 1. The number of nitrogen functional groups attached to an aromatic ring is 1. The first-order chi connectivity index (χ1) is 7.24. The van der Waals surface area contributed by atoms with Crippen LogP contribution >= 0.6 is 11.8 Å². The smallest absolute Gasteiger partial charge is 0.0962 e. The van der Waals surface area contributed by atoms with Gasteiger partial charge in [0.25, 0.3) is 0 Å². The van der Waals surface area contributed by atoms with Crippen molar-refractivity contribution < 1.29 is 4.74 Å². The van der Waals surface area contributed by atoms with Gasteiger partial charge < -0.3 is 10.5 Å². The van der Waals surface area contributed by atoms with Crippen molar-refractivity contribution in [3.05, 3.63) is 18.3 Å². The molecule has 0 spiro atoms. The third-order valence-electron chi connectivity index (χ3n) is 2.50. The van der Waals surface area contributed by atoms with E-state index in [1.165, 1.54) is 12.8 Å². The third-order valence-corrected chi connectivity index (χ3v) is 3.57. The van der Waals surface area contributed by atoms with E-state index in [1.54, 1.807) is 18.0 Å². The Morgan fingerprint density at radius 2 is 2.40 bits per heavy atom. The molecule has 2 heterocycles. The van der Waals surface area contributed by atoms with Crippen LogP contribution in [0.3, 0.4) is 0 Å². The van der Waals surface area contributed by atoms with Gasteiger partial charge in [-0.1, -0.05) is 0 Å². The Hall–Kier alpha value is -0.740. The van der Waals surface area contributed by atoms with Gasteiger partial charge in [-0.2, -0.15) is 0 Å². The van der Waals surface area contributed by atoms with Crippen molar-refractivity contribution in [1.82, 2.24) is 4.98 Å². The molecule has 1 aliphatic rings. The largest absolute Gasteiger partial charge is 0.397 e. The van der Waals surface area contributed by atoms with Gasteiger partial charge in [0.05, 0.1) is 29.1 Å². The van der Waals surface area contributed by atoms with Gasteiger partial charge in [0.2, 0.25) is 0 Å². The van der Waals surface area contributed by atoms with Gasteiger partial charge in [-0.3, -0.25) is 0 Å².